The lowest BCUT2D eigenvalue weighted by molar-refractivity contribution is 0.102. The molecule has 0 spiro atoms. The Bertz CT molecular complexity index is 1340. The number of fused-ring (bicyclic) bond motifs is 1. The van der Waals surface area contributed by atoms with E-state index in [0.29, 0.717) is 43.4 Å². The van der Waals surface area contributed by atoms with Crippen LogP contribution < -0.4 is 15.8 Å². The number of nitrogens with one attached hydrogen (secondary N) is 2. The number of benzene rings is 1. The molecule has 1 aliphatic rings. The second-order valence-electron chi connectivity index (χ2n) is 7.74. The minimum atomic E-state index is -0.259. The van der Waals surface area contributed by atoms with Crippen molar-refractivity contribution in [2.75, 3.05) is 36.5 Å². The Morgan fingerprint density at radius 3 is 2.75 bits per heavy atom. The summed E-state index contributed by atoms with van der Waals surface area (Å²) in [5, 5.41) is 3.87. The molecule has 0 radical (unpaired) electrons. The SMILES string of the molecule is Cc1cc(=O)[nH]c2ccc(NC(=O)c3cc(-c4ccoc4)cnc3N3CCOCC3)cc12. The zero-order valence-electron chi connectivity index (χ0n) is 17.6. The smallest absolute Gasteiger partial charge is 0.259 e. The van der Waals surface area contributed by atoms with Gasteiger partial charge in [0.2, 0.25) is 5.56 Å². The first-order valence-corrected chi connectivity index (χ1v) is 10.4. The highest BCUT2D eigenvalue weighted by molar-refractivity contribution is 6.09. The number of anilines is 2. The highest BCUT2D eigenvalue weighted by atomic mass is 16.5. The molecule has 0 saturated carbocycles. The third-order valence-electron chi connectivity index (χ3n) is 5.58. The van der Waals surface area contributed by atoms with Crippen molar-refractivity contribution in [3.63, 3.8) is 0 Å². The lowest BCUT2D eigenvalue weighted by atomic mass is 10.1. The van der Waals surface area contributed by atoms with Crippen LogP contribution in [0, 0.1) is 6.92 Å². The molecule has 0 atom stereocenters. The predicted octanol–water partition coefficient (Wildman–Crippen LogP) is 3.58. The third-order valence-corrected chi connectivity index (χ3v) is 5.58. The number of carbonyl (C=O) groups is 1. The Kier molecular flexibility index (Phi) is 5.20. The topological polar surface area (TPSA) is 100 Å². The maximum absolute atomic E-state index is 13.4. The van der Waals surface area contributed by atoms with E-state index in [2.05, 4.69) is 20.2 Å². The lowest BCUT2D eigenvalue weighted by Crippen LogP contribution is -2.38. The van der Waals surface area contributed by atoms with Gasteiger partial charge in [-0.15, -0.1) is 0 Å². The number of carbonyl (C=O) groups excluding carboxylic acids is 1. The molecule has 1 aromatic carbocycles. The van der Waals surface area contributed by atoms with E-state index in [0.717, 1.165) is 27.6 Å². The number of pyridine rings is 2. The number of aromatic amines is 1. The summed E-state index contributed by atoms with van der Waals surface area (Å²) in [7, 11) is 0. The molecule has 8 heteroatoms. The largest absolute Gasteiger partial charge is 0.472 e. The van der Waals surface area contributed by atoms with Crippen LogP contribution in [0.15, 0.2) is 64.3 Å². The summed E-state index contributed by atoms with van der Waals surface area (Å²) in [6.07, 6.45) is 4.97. The van der Waals surface area contributed by atoms with Gasteiger partial charge in [0.15, 0.2) is 0 Å². The fourth-order valence-electron chi connectivity index (χ4n) is 3.94. The number of aromatic nitrogens is 2. The molecule has 3 aromatic heterocycles. The first-order valence-electron chi connectivity index (χ1n) is 10.4. The maximum atomic E-state index is 13.4. The number of aryl methyl sites for hydroxylation is 1. The molecule has 1 saturated heterocycles. The minimum Gasteiger partial charge on any atom is -0.472 e. The van der Waals surface area contributed by atoms with Crippen LogP contribution in [0.25, 0.3) is 22.0 Å². The first kappa shape index (κ1) is 20.0. The fraction of sp³-hybridized carbons (Fsp3) is 0.208. The molecule has 1 aliphatic heterocycles. The van der Waals surface area contributed by atoms with E-state index in [4.69, 9.17) is 9.15 Å². The second-order valence-corrected chi connectivity index (χ2v) is 7.74. The van der Waals surface area contributed by atoms with E-state index in [-0.39, 0.29) is 11.5 Å². The molecule has 162 valence electrons. The second kappa shape index (κ2) is 8.32. The Morgan fingerprint density at radius 1 is 1.12 bits per heavy atom. The van der Waals surface area contributed by atoms with Crippen LogP contribution in [-0.2, 0) is 4.74 Å². The first-order chi connectivity index (χ1) is 15.6. The van der Waals surface area contributed by atoms with Crippen molar-refractivity contribution >= 4 is 28.3 Å². The number of hydrogen-bond donors (Lipinski definition) is 2. The Labute approximate surface area is 183 Å². The summed E-state index contributed by atoms with van der Waals surface area (Å²) in [6, 6.07) is 10.6. The van der Waals surface area contributed by atoms with Crippen LogP contribution in [0.5, 0.6) is 0 Å². The number of ether oxygens (including phenoxy) is 1. The summed E-state index contributed by atoms with van der Waals surface area (Å²) >= 11 is 0. The molecule has 5 rings (SSSR count). The lowest BCUT2D eigenvalue weighted by Gasteiger charge is -2.29. The zero-order valence-corrected chi connectivity index (χ0v) is 17.6. The average Bonchev–Trinajstić information content (AvgIpc) is 3.35. The van der Waals surface area contributed by atoms with Gasteiger partial charge in [-0.3, -0.25) is 9.59 Å². The standard InChI is InChI=1S/C24H22N4O4/c1-15-10-22(29)27-21-3-2-18(12-19(15)21)26-24(30)20-11-17(16-4-7-32-14-16)13-25-23(20)28-5-8-31-9-6-28/h2-4,7,10-14H,5-6,8-9H2,1H3,(H,26,30)(H,27,29). The Balaban J connectivity index is 1.51. The van der Waals surface area contributed by atoms with Gasteiger partial charge in [0.1, 0.15) is 5.82 Å². The summed E-state index contributed by atoms with van der Waals surface area (Å²) < 4.78 is 10.6. The molecule has 0 unspecified atom stereocenters. The summed E-state index contributed by atoms with van der Waals surface area (Å²) in [6.45, 7) is 4.39. The van der Waals surface area contributed by atoms with Gasteiger partial charge in [0.05, 0.1) is 31.3 Å². The van der Waals surface area contributed by atoms with Gasteiger partial charge in [0.25, 0.3) is 5.91 Å². The quantitative estimate of drug-likeness (QED) is 0.513. The molecule has 8 nitrogen and oxygen atoms in total. The van der Waals surface area contributed by atoms with Crippen LogP contribution >= 0.6 is 0 Å². The molecular formula is C24H22N4O4. The van der Waals surface area contributed by atoms with Crippen LogP contribution in [0.3, 0.4) is 0 Å². The van der Waals surface area contributed by atoms with Gasteiger partial charge in [-0.05, 0) is 42.8 Å². The molecule has 4 aromatic rings. The van der Waals surface area contributed by atoms with Crippen LogP contribution in [0.2, 0.25) is 0 Å². The highest BCUT2D eigenvalue weighted by Gasteiger charge is 2.22. The molecule has 0 aliphatic carbocycles. The summed E-state index contributed by atoms with van der Waals surface area (Å²) in [4.78, 5) is 34.6. The van der Waals surface area contributed by atoms with Crippen molar-refractivity contribution < 1.29 is 13.9 Å². The number of morpholine rings is 1. The minimum absolute atomic E-state index is 0.149. The summed E-state index contributed by atoms with van der Waals surface area (Å²) in [5.41, 5.74) is 4.19. The number of furan rings is 1. The fourth-order valence-corrected chi connectivity index (χ4v) is 3.94. The van der Waals surface area contributed by atoms with Gasteiger partial charge in [-0.2, -0.15) is 0 Å². The van der Waals surface area contributed by atoms with Gasteiger partial charge in [-0.1, -0.05) is 0 Å². The summed E-state index contributed by atoms with van der Waals surface area (Å²) in [5.74, 6) is 0.366. The van der Waals surface area contributed by atoms with E-state index in [9.17, 15) is 9.59 Å². The van der Waals surface area contributed by atoms with E-state index in [1.807, 2.05) is 25.1 Å². The molecule has 1 fully saturated rings. The number of amides is 1. The number of rotatable bonds is 4. The normalized spacial score (nSPS) is 14.0. The van der Waals surface area contributed by atoms with E-state index >= 15 is 0 Å². The van der Waals surface area contributed by atoms with Crippen molar-refractivity contribution in [1.29, 1.82) is 0 Å². The Hall–Kier alpha value is -3.91. The predicted molar refractivity (Wildman–Crippen MR) is 122 cm³/mol. The highest BCUT2D eigenvalue weighted by Crippen LogP contribution is 2.28. The van der Waals surface area contributed by atoms with Crippen molar-refractivity contribution in [3.05, 3.63) is 76.6 Å². The number of hydrogen-bond acceptors (Lipinski definition) is 6. The average molecular weight is 430 g/mol. The van der Waals surface area contributed by atoms with Gasteiger partial charge < -0.3 is 24.4 Å². The molecule has 2 N–H and O–H groups in total. The monoisotopic (exact) mass is 430 g/mol. The van der Waals surface area contributed by atoms with Crippen molar-refractivity contribution in [2.45, 2.75) is 6.92 Å². The zero-order chi connectivity index (χ0) is 22.1. The van der Waals surface area contributed by atoms with Crippen LogP contribution in [-0.4, -0.2) is 42.2 Å². The van der Waals surface area contributed by atoms with Crippen LogP contribution in [0.1, 0.15) is 15.9 Å². The molecule has 32 heavy (non-hydrogen) atoms. The molecular weight excluding hydrogens is 408 g/mol. The van der Waals surface area contributed by atoms with Gasteiger partial charge in [0, 0.05) is 53.1 Å². The van der Waals surface area contributed by atoms with E-state index in [1.165, 1.54) is 0 Å². The van der Waals surface area contributed by atoms with Crippen LogP contribution in [0.4, 0.5) is 11.5 Å². The van der Waals surface area contributed by atoms with Gasteiger partial charge >= 0.3 is 0 Å². The van der Waals surface area contributed by atoms with Crippen molar-refractivity contribution in [3.8, 4) is 11.1 Å². The van der Waals surface area contributed by atoms with E-state index < -0.39 is 0 Å². The van der Waals surface area contributed by atoms with Crippen molar-refractivity contribution in [1.82, 2.24) is 9.97 Å². The Morgan fingerprint density at radius 2 is 1.97 bits per heavy atom. The van der Waals surface area contributed by atoms with Crippen molar-refractivity contribution in [2.24, 2.45) is 0 Å². The number of H-pyrrole nitrogens is 1. The van der Waals surface area contributed by atoms with Gasteiger partial charge in [-0.25, -0.2) is 4.98 Å². The van der Waals surface area contributed by atoms with E-state index in [1.54, 1.807) is 36.9 Å². The molecule has 0 bridgehead atoms. The third kappa shape index (κ3) is 3.88. The molecule has 1 amide bonds. The maximum Gasteiger partial charge on any atom is 0.259 e. The molecule has 4 heterocycles. The number of nitrogens with zero attached hydrogens (tertiary/aromatic N) is 2.